The molecule has 1 fully saturated rings. The van der Waals surface area contributed by atoms with Crippen molar-refractivity contribution in [3.8, 4) is 11.1 Å². The third-order valence-corrected chi connectivity index (χ3v) is 5.59. The van der Waals surface area contributed by atoms with Gasteiger partial charge in [-0.15, -0.1) is 0 Å². The lowest BCUT2D eigenvalue weighted by atomic mass is 9.92. The number of aliphatic hydroxyl groups is 1. The number of halogens is 3. The summed E-state index contributed by atoms with van der Waals surface area (Å²) in [6.45, 7) is -0.261. The van der Waals surface area contributed by atoms with Crippen molar-refractivity contribution in [2.24, 2.45) is 0 Å². The van der Waals surface area contributed by atoms with Crippen LogP contribution < -0.4 is 5.32 Å². The van der Waals surface area contributed by atoms with Crippen LogP contribution in [0, 0.1) is 5.82 Å². The van der Waals surface area contributed by atoms with Gasteiger partial charge in [0.1, 0.15) is 5.65 Å². The molecular weight excluding hydrogens is 397 g/mol. The van der Waals surface area contributed by atoms with Gasteiger partial charge in [0, 0.05) is 54.0 Å². The van der Waals surface area contributed by atoms with Crippen LogP contribution in [-0.4, -0.2) is 41.4 Å². The molecule has 10 heteroatoms. The van der Waals surface area contributed by atoms with Gasteiger partial charge in [0.2, 0.25) is 11.9 Å². The number of pyridine rings is 1. The molecular formula is C20H19F3N6O. The first kappa shape index (κ1) is 18.9. The number of alkyl halides is 2. The number of imidazole rings is 1. The fraction of sp³-hybridized carbons (Fsp3) is 0.350. The Morgan fingerprint density at radius 2 is 2.03 bits per heavy atom. The van der Waals surface area contributed by atoms with Crippen LogP contribution in [-0.2, 0) is 6.61 Å². The van der Waals surface area contributed by atoms with E-state index in [0.29, 0.717) is 46.6 Å². The van der Waals surface area contributed by atoms with Crippen LogP contribution in [0.4, 0.5) is 19.1 Å². The first-order chi connectivity index (χ1) is 14.4. The predicted octanol–water partition coefficient (Wildman–Crippen LogP) is 3.89. The van der Waals surface area contributed by atoms with Gasteiger partial charge in [-0.3, -0.25) is 4.40 Å². The average molecular weight is 416 g/mol. The third kappa shape index (κ3) is 3.26. The molecule has 4 heterocycles. The summed E-state index contributed by atoms with van der Waals surface area (Å²) < 4.78 is 42.7. The minimum absolute atomic E-state index is 0.0915. The second kappa shape index (κ2) is 6.98. The molecule has 0 spiro atoms. The Morgan fingerprint density at radius 3 is 2.80 bits per heavy atom. The monoisotopic (exact) mass is 416 g/mol. The molecule has 0 unspecified atom stereocenters. The number of aromatic nitrogens is 5. The van der Waals surface area contributed by atoms with Crippen molar-refractivity contribution in [1.82, 2.24) is 24.3 Å². The van der Waals surface area contributed by atoms with Gasteiger partial charge in [-0.25, -0.2) is 23.1 Å². The van der Waals surface area contributed by atoms with Crippen LogP contribution in [0.1, 0.15) is 31.4 Å². The summed E-state index contributed by atoms with van der Waals surface area (Å²) in [7, 11) is 0. The van der Waals surface area contributed by atoms with Crippen molar-refractivity contribution >= 4 is 22.6 Å². The number of aliphatic hydroxyl groups excluding tert-OH is 1. The van der Waals surface area contributed by atoms with Gasteiger partial charge >= 0.3 is 0 Å². The molecule has 0 atom stereocenters. The van der Waals surface area contributed by atoms with Crippen molar-refractivity contribution in [2.75, 3.05) is 5.32 Å². The van der Waals surface area contributed by atoms with Crippen molar-refractivity contribution in [1.29, 1.82) is 0 Å². The molecule has 0 saturated heterocycles. The summed E-state index contributed by atoms with van der Waals surface area (Å²) in [5.74, 6) is -2.72. The number of hydrogen-bond donors (Lipinski definition) is 3. The third-order valence-electron chi connectivity index (χ3n) is 5.59. The van der Waals surface area contributed by atoms with Crippen LogP contribution in [0.3, 0.4) is 0 Å². The second-order valence-corrected chi connectivity index (χ2v) is 7.61. The molecule has 0 aliphatic heterocycles. The smallest absolute Gasteiger partial charge is 0.248 e. The van der Waals surface area contributed by atoms with E-state index in [0.717, 1.165) is 0 Å². The van der Waals surface area contributed by atoms with Crippen molar-refractivity contribution in [3.05, 3.63) is 42.4 Å². The van der Waals surface area contributed by atoms with Crippen molar-refractivity contribution in [2.45, 2.75) is 44.3 Å². The lowest BCUT2D eigenvalue weighted by Gasteiger charge is -2.28. The molecule has 0 amide bonds. The van der Waals surface area contributed by atoms with E-state index in [-0.39, 0.29) is 31.1 Å². The number of anilines is 1. The van der Waals surface area contributed by atoms with E-state index in [1.54, 1.807) is 18.6 Å². The van der Waals surface area contributed by atoms with E-state index in [2.05, 4.69) is 25.3 Å². The van der Waals surface area contributed by atoms with E-state index < -0.39 is 11.7 Å². The van der Waals surface area contributed by atoms with Crippen LogP contribution in [0.5, 0.6) is 0 Å². The van der Waals surface area contributed by atoms with E-state index in [4.69, 9.17) is 0 Å². The van der Waals surface area contributed by atoms with Gasteiger partial charge in [0.05, 0.1) is 18.5 Å². The molecule has 1 saturated carbocycles. The number of H-pyrrole nitrogens is 1. The van der Waals surface area contributed by atoms with Crippen LogP contribution in [0.2, 0.25) is 0 Å². The number of aromatic amines is 1. The Kier molecular flexibility index (Phi) is 4.39. The average Bonchev–Trinajstić information content (AvgIpc) is 3.33. The molecule has 0 bridgehead atoms. The Morgan fingerprint density at radius 1 is 1.23 bits per heavy atom. The number of rotatable bonds is 4. The van der Waals surface area contributed by atoms with Crippen molar-refractivity contribution in [3.63, 3.8) is 0 Å². The summed E-state index contributed by atoms with van der Waals surface area (Å²) in [6.07, 6.45) is 6.91. The summed E-state index contributed by atoms with van der Waals surface area (Å²) in [4.78, 5) is 15.8. The van der Waals surface area contributed by atoms with Gasteiger partial charge in [0.15, 0.2) is 11.5 Å². The second-order valence-electron chi connectivity index (χ2n) is 7.61. The highest BCUT2D eigenvalue weighted by molar-refractivity contribution is 5.93. The molecule has 5 rings (SSSR count). The molecule has 7 nitrogen and oxygen atoms in total. The summed E-state index contributed by atoms with van der Waals surface area (Å²) in [5.41, 5.74) is 2.46. The van der Waals surface area contributed by atoms with Crippen molar-refractivity contribution < 1.29 is 18.3 Å². The standard InChI is InChI=1S/C20H19F3N6O/c21-16-5-11(9-29-13(10-30)6-25-18(16)29)14-7-24-17-15(14)8-26-19(28-17)27-12-1-3-20(22,23)4-2-12/h5-9,12,30H,1-4,10H2,(H2,24,26,27,28). The maximum Gasteiger partial charge on any atom is 0.248 e. The maximum atomic E-state index is 14.5. The molecule has 4 aromatic heterocycles. The Hall–Kier alpha value is -3.14. The zero-order valence-corrected chi connectivity index (χ0v) is 15.9. The predicted molar refractivity (Wildman–Crippen MR) is 105 cm³/mol. The van der Waals surface area contributed by atoms with Gasteiger partial charge in [-0.05, 0) is 18.9 Å². The normalized spacial score (nSPS) is 17.1. The Balaban J connectivity index is 1.45. The first-order valence-corrected chi connectivity index (χ1v) is 9.69. The van der Waals surface area contributed by atoms with Crippen LogP contribution in [0.25, 0.3) is 27.8 Å². The van der Waals surface area contributed by atoms with Crippen LogP contribution in [0.15, 0.2) is 30.9 Å². The minimum Gasteiger partial charge on any atom is -0.390 e. The molecule has 156 valence electrons. The number of hydrogen-bond acceptors (Lipinski definition) is 5. The molecule has 1 aliphatic carbocycles. The summed E-state index contributed by atoms with van der Waals surface area (Å²) >= 11 is 0. The minimum atomic E-state index is -2.58. The lowest BCUT2D eigenvalue weighted by Crippen LogP contribution is -2.32. The molecule has 30 heavy (non-hydrogen) atoms. The molecule has 0 radical (unpaired) electrons. The van der Waals surface area contributed by atoms with Gasteiger partial charge in [-0.2, -0.15) is 4.98 Å². The quantitative estimate of drug-likeness (QED) is 0.470. The lowest BCUT2D eigenvalue weighted by molar-refractivity contribution is -0.0361. The highest BCUT2D eigenvalue weighted by atomic mass is 19.3. The number of fused-ring (bicyclic) bond motifs is 2. The van der Waals surface area contributed by atoms with Crippen LogP contribution >= 0.6 is 0 Å². The Bertz CT molecular complexity index is 1220. The SMILES string of the molecule is OCc1cnc2c(F)cc(-c3c[nH]c4nc(NC5CCC(F)(F)CC5)ncc34)cn12. The molecule has 3 N–H and O–H groups in total. The maximum absolute atomic E-state index is 14.5. The number of nitrogens with zero attached hydrogens (tertiary/aromatic N) is 4. The van der Waals surface area contributed by atoms with E-state index in [1.807, 2.05) is 0 Å². The van der Waals surface area contributed by atoms with E-state index >= 15 is 0 Å². The number of nitrogens with one attached hydrogen (secondary N) is 2. The van der Waals surface area contributed by atoms with Gasteiger partial charge < -0.3 is 15.4 Å². The van der Waals surface area contributed by atoms with E-state index in [9.17, 15) is 18.3 Å². The summed E-state index contributed by atoms with van der Waals surface area (Å²) in [6, 6.07) is 1.28. The zero-order valence-electron chi connectivity index (χ0n) is 15.9. The largest absolute Gasteiger partial charge is 0.390 e. The summed E-state index contributed by atoms with van der Waals surface area (Å²) in [5, 5.41) is 13.3. The van der Waals surface area contributed by atoms with Gasteiger partial charge in [0.25, 0.3) is 0 Å². The highest BCUT2D eigenvalue weighted by Crippen LogP contribution is 2.34. The Labute approximate surface area is 169 Å². The molecule has 1 aliphatic rings. The van der Waals surface area contributed by atoms with E-state index in [1.165, 1.54) is 16.7 Å². The first-order valence-electron chi connectivity index (χ1n) is 9.69. The molecule has 4 aromatic rings. The zero-order chi connectivity index (χ0) is 20.9. The topological polar surface area (TPSA) is 91.1 Å². The van der Waals surface area contributed by atoms with Gasteiger partial charge in [-0.1, -0.05) is 0 Å². The fourth-order valence-corrected chi connectivity index (χ4v) is 3.94. The fourth-order valence-electron chi connectivity index (χ4n) is 3.94. The molecule has 0 aromatic carbocycles. The highest BCUT2D eigenvalue weighted by Gasteiger charge is 2.35.